The molecule has 0 saturated carbocycles. The van der Waals surface area contributed by atoms with E-state index in [1.807, 2.05) is 24.3 Å². The zero-order valence-corrected chi connectivity index (χ0v) is 8.77. The van der Waals surface area contributed by atoms with Gasteiger partial charge in [0.05, 0.1) is 7.11 Å². The van der Waals surface area contributed by atoms with Gasteiger partial charge in [-0.15, -0.1) is 0 Å². The van der Waals surface area contributed by atoms with Gasteiger partial charge < -0.3 is 9.47 Å². The van der Waals surface area contributed by atoms with Crippen LogP contribution in [-0.2, 0) is 0 Å². The van der Waals surface area contributed by atoms with Crippen molar-refractivity contribution in [2.75, 3.05) is 20.3 Å². The van der Waals surface area contributed by atoms with Crippen molar-refractivity contribution in [3.8, 4) is 11.5 Å². The average molecular weight is 199 g/mol. The number of ether oxygens (including phenoxy) is 2. The van der Waals surface area contributed by atoms with Crippen LogP contribution < -0.4 is 14.6 Å². The molecule has 0 spiro atoms. The Balaban J connectivity index is 2.54. The van der Waals surface area contributed by atoms with Crippen LogP contribution >= 0.6 is 9.39 Å². The first kappa shape index (κ1) is 10.3. The third-order valence-electron chi connectivity index (χ3n) is 1.57. The van der Waals surface area contributed by atoms with Crippen LogP contribution in [0.2, 0.25) is 0 Å². The van der Waals surface area contributed by atoms with Crippen LogP contribution in [0.4, 0.5) is 0 Å². The van der Waals surface area contributed by atoms with Gasteiger partial charge in [-0.25, -0.2) is 0 Å². The average Bonchev–Trinajstić information content (AvgIpc) is 2.19. The number of benzene rings is 1. The quantitative estimate of drug-likeness (QED) is 0.575. The van der Waals surface area contributed by atoms with Gasteiger partial charge in [0.25, 0.3) is 0 Å². The fraction of sp³-hybridized carbons (Fsp3) is 0.333. The fourth-order valence-electron chi connectivity index (χ4n) is 0.958. The van der Waals surface area contributed by atoms with Gasteiger partial charge in [0, 0.05) is 6.54 Å². The second-order valence-corrected chi connectivity index (χ2v) is 2.86. The van der Waals surface area contributed by atoms with E-state index in [1.54, 1.807) is 7.11 Å². The molecule has 0 amide bonds. The molecular formula is C9H14NO2P. The highest BCUT2D eigenvalue weighted by Crippen LogP contribution is 2.25. The minimum Gasteiger partial charge on any atom is -0.493 e. The summed E-state index contributed by atoms with van der Waals surface area (Å²) < 4.78 is 10.6. The molecule has 0 aromatic heterocycles. The molecule has 0 saturated heterocycles. The number of methoxy groups -OCH3 is 1. The summed E-state index contributed by atoms with van der Waals surface area (Å²) in [6, 6.07) is 7.61. The molecule has 0 radical (unpaired) electrons. The zero-order valence-electron chi connectivity index (χ0n) is 7.62. The second kappa shape index (κ2) is 5.79. The number of rotatable bonds is 5. The highest BCUT2D eigenvalue weighted by atomic mass is 31.0. The SMILES string of the molecule is COc1ccccc1OCCNP. The number of para-hydroxylation sites is 2. The van der Waals surface area contributed by atoms with Crippen molar-refractivity contribution in [1.29, 1.82) is 0 Å². The molecule has 0 heterocycles. The molecule has 13 heavy (non-hydrogen) atoms. The van der Waals surface area contributed by atoms with Gasteiger partial charge in [0.15, 0.2) is 11.5 Å². The maximum atomic E-state index is 5.47. The first-order valence-electron chi connectivity index (χ1n) is 4.07. The van der Waals surface area contributed by atoms with Crippen LogP contribution in [0, 0.1) is 0 Å². The molecule has 1 aromatic carbocycles. The van der Waals surface area contributed by atoms with Crippen LogP contribution in [0.5, 0.6) is 11.5 Å². The third kappa shape index (κ3) is 3.21. The first-order chi connectivity index (χ1) is 6.38. The minimum absolute atomic E-state index is 0.629. The molecule has 0 fully saturated rings. The van der Waals surface area contributed by atoms with Crippen molar-refractivity contribution < 1.29 is 9.47 Å². The van der Waals surface area contributed by atoms with E-state index in [0.29, 0.717) is 6.61 Å². The lowest BCUT2D eigenvalue weighted by Crippen LogP contribution is -2.11. The predicted octanol–water partition coefficient (Wildman–Crippen LogP) is 1.45. The fourth-order valence-corrected chi connectivity index (χ4v) is 1.08. The molecule has 0 aliphatic rings. The Morgan fingerprint density at radius 3 is 2.62 bits per heavy atom. The molecule has 3 nitrogen and oxygen atoms in total. The van der Waals surface area contributed by atoms with E-state index in [2.05, 4.69) is 14.5 Å². The third-order valence-corrected chi connectivity index (χ3v) is 1.86. The van der Waals surface area contributed by atoms with Crippen molar-refractivity contribution in [3.63, 3.8) is 0 Å². The molecule has 4 heteroatoms. The van der Waals surface area contributed by atoms with Gasteiger partial charge in [-0.1, -0.05) is 21.5 Å². The summed E-state index contributed by atoms with van der Waals surface area (Å²) in [6.45, 7) is 1.42. The van der Waals surface area contributed by atoms with Crippen LogP contribution in [0.1, 0.15) is 0 Å². The molecule has 0 bridgehead atoms. The van der Waals surface area contributed by atoms with E-state index >= 15 is 0 Å². The standard InChI is InChI=1S/C9H14NO2P/c1-11-8-4-2-3-5-9(8)12-7-6-10-13/h2-5,10H,6-7,13H2,1H3. The van der Waals surface area contributed by atoms with E-state index < -0.39 is 0 Å². The summed E-state index contributed by atoms with van der Waals surface area (Å²) in [4.78, 5) is 0. The molecule has 1 rings (SSSR count). The van der Waals surface area contributed by atoms with E-state index in [9.17, 15) is 0 Å². The summed E-state index contributed by atoms with van der Waals surface area (Å²) in [5.74, 6) is 1.55. The van der Waals surface area contributed by atoms with E-state index in [1.165, 1.54) is 0 Å². The normalized spacial score (nSPS) is 9.69. The monoisotopic (exact) mass is 199 g/mol. The lowest BCUT2D eigenvalue weighted by Gasteiger charge is -2.09. The van der Waals surface area contributed by atoms with Gasteiger partial charge in [-0.3, -0.25) is 5.09 Å². The topological polar surface area (TPSA) is 30.5 Å². The molecule has 1 atom stereocenters. The summed E-state index contributed by atoms with van der Waals surface area (Å²) in [6.07, 6.45) is 0. The van der Waals surface area contributed by atoms with E-state index in [-0.39, 0.29) is 0 Å². The molecule has 1 N–H and O–H groups in total. The van der Waals surface area contributed by atoms with Crippen molar-refractivity contribution in [2.24, 2.45) is 0 Å². The molecule has 1 aromatic rings. The van der Waals surface area contributed by atoms with Gasteiger partial charge in [0.1, 0.15) is 6.61 Å². The molecular weight excluding hydrogens is 185 g/mol. The zero-order chi connectivity index (χ0) is 9.52. The largest absolute Gasteiger partial charge is 0.493 e. The van der Waals surface area contributed by atoms with Gasteiger partial charge in [-0.2, -0.15) is 0 Å². The number of nitrogens with one attached hydrogen (secondary N) is 1. The predicted molar refractivity (Wildman–Crippen MR) is 56.2 cm³/mol. The summed E-state index contributed by atoms with van der Waals surface area (Å²) in [5.41, 5.74) is 0. The van der Waals surface area contributed by atoms with Crippen molar-refractivity contribution in [1.82, 2.24) is 5.09 Å². The second-order valence-electron chi connectivity index (χ2n) is 2.45. The summed E-state index contributed by atoms with van der Waals surface area (Å²) >= 11 is 0. The maximum Gasteiger partial charge on any atom is 0.161 e. The smallest absolute Gasteiger partial charge is 0.161 e. The van der Waals surface area contributed by atoms with Crippen molar-refractivity contribution >= 4 is 9.39 Å². The molecule has 0 aliphatic carbocycles. The number of hydrogen-bond acceptors (Lipinski definition) is 3. The van der Waals surface area contributed by atoms with Crippen molar-refractivity contribution in [3.05, 3.63) is 24.3 Å². The Hall–Kier alpha value is -0.790. The van der Waals surface area contributed by atoms with Gasteiger partial charge in [0.2, 0.25) is 0 Å². The van der Waals surface area contributed by atoms with Crippen molar-refractivity contribution in [2.45, 2.75) is 0 Å². The molecule has 72 valence electrons. The highest BCUT2D eigenvalue weighted by molar-refractivity contribution is 7.13. The van der Waals surface area contributed by atoms with Crippen LogP contribution in [0.15, 0.2) is 24.3 Å². The van der Waals surface area contributed by atoms with Gasteiger partial charge in [-0.05, 0) is 12.1 Å². The molecule has 1 unspecified atom stereocenters. The van der Waals surface area contributed by atoms with E-state index in [0.717, 1.165) is 18.0 Å². The highest BCUT2D eigenvalue weighted by Gasteiger charge is 2.00. The van der Waals surface area contributed by atoms with Crippen LogP contribution in [-0.4, -0.2) is 20.3 Å². The van der Waals surface area contributed by atoms with Crippen LogP contribution in [0.3, 0.4) is 0 Å². The minimum atomic E-state index is 0.629. The molecule has 0 aliphatic heterocycles. The first-order valence-corrected chi connectivity index (χ1v) is 4.65. The Morgan fingerprint density at radius 1 is 1.31 bits per heavy atom. The Kier molecular flexibility index (Phi) is 4.58. The van der Waals surface area contributed by atoms with Gasteiger partial charge >= 0.3 is 0 Å². The number of hydrogen-bond donors (Lipinski definition) is 1. The lowest BCUT2D eigenvalue weighted by atomic mass is 10.3. The summed E-state index contributed by atoms with van der Waals surface area (Å²) in [5, 5.41) is 2.93. The van der Waals surface area contributed by atoms with E-state index in [4.69, 9.17) is 9.47 Å². The maximum absolute atomic E-state index is 5.47. The summed E-state index contributed by atoms with van der Waals surface area (Å²) in [7, 11) is 4.06. The lowest BCUT2D eigenvalue weighted by molar-refractivity contribution is 0.300. The Labute approximate surface area is 80.7 Å². The Morgan fingerprint density at radius 2 is 2.00 bits per heavy atom. The Bertz CT molecular complexity index is 255. The van der Waals surface area contributed by atoms with Crippen LogP contribution in [0.25, 0.3) is 0 Å².